The van der Waals surface area contributed by atoms with E-state index >= 15 is 0 Å². The second-order valence-electron chi connectivity index (χ2n) is 3.54. The molecule has 0 amide bonds. The molecule has 0 aliphatic rings. The second-order valence-corrected chi connectivity index (χ2v) is 3.54. The van der Waals surface area contributed by atoms with Gasteiger partial charge in [0.25, 0.3) is 5.56 Å². The van der Waals surface area contributed by atoms with E-state index in [0.29, 0.717) is 5.65 Å². The van der Waals surface area contributed by atoms with Crippen LogP contribution in [0.15, 0.2) is 46.6 Å². The number of aromatic amines is 1. The third-order valence-corrected chi connectivity index (χ3v) is 2.34. The van der Waals surface area contributed by atoms with Crippen LogP contribution in [0.1, 0.15) is 5.56 Å². The number of aromatic nitrogens is 5. The number of H-pyrrole nitrogens is 1. The van der Waals surface area contributed by atoms with E-state index in [9.17, 15) is 4.79 Å². The Bertz CT molecular complexity index is 758. The fourth-order valence-electron chi connectivity index (χ4n) is 1.49. The predicted octanol–water partition coefficient (Wildman–Crippen LogP) is 0.397. The van der Waals surface area contributed by atoms with Crippen LogP contribution in [0.2, 0.25) is 0 Å². The number of benzene rings is 1. The molecule has 2 aromatic heterocycles. The minimum Gasteiger partial charge on any atom is -0.311 e. The number of hydrogen-bond acceptors (Lipinski definition) is 5. The fourth-order valence-corrected chi connectivity index (χ4v) is 1.49. The summed E-state index contributed by atoms with van der Waals surface area (Å²) in [7, 11) is 0. The fraction of sp³-hybridized carbons (Fsp3) is 0. The first-order valence-corrected chi connectivity index (χ1v) is 5.23. The Kier molecular flexibility index (Phi) is 2.41. The molecule has 0 fully saturated rings. The van der Waals surface area contributed by atoms with E-state index in [1.54, 1.807) is 6.21 Å². The van der Waals surface area contributed by atoms with Gasteiger partial charge in [0.1, 0.15) is 0 Å². The molecular weight excluding hydrogens is 232 g/mol. The molecule has 0 spiro atoms. The van der Waals surface area contributed by atoms with Gasteiger partial charge in [-0.15, -0.1) is 9.89 Å². The summed E-state index contributed by atoms with van der Waals surface area (Å²) < 4.78 is 0. The summed E-state index contributed by atoms with van der Waals surface area (Å²) in [5, 5.41) is 11.6. The van der Waals surface area contributed by atoms with E-state index in [1.165, 1.54) is 11.1 Å². The van der Waals surface area contributed by atoms with Gasteiger partial charge in [-0.05, 0) is 10.8 Å². The smallest absolute Gasteiger partial charge is 0.280 e. The second kappa shape index (κ2) is 4.21. The maximum Gasteiger partial charge on any atom is 0.280 e. The van der Waals surface area contributed by atoms with Gasteiger partial charge in [0.05, 0.1) is 12.5 Å². The molecule has 0 radical (unpaired) electrons. The summed E-state index contributed by atoms with van der Waals surface area (Å²) in [4.78, 5) is 19.0. The molecule has 1 aromatic carbocycles. The van der Waals surface area contributed by atoms with Gasteiger partial charge < -0.3 is 4.98 Å². The molecule has 0 bridgehead atoms. The van der Waals surface area contributed by atoms with E-state index in [2.05, 4.69) is 25.4 Å². The Morgan fingerprint density at radius 3 is 2.94 bits per heavy atom. The summed E-state index contributed by atoms with van der Waals surface area (Å²) >= 11 is 0. The maximum absolute atomic E-state index is 11.4. The Balaban J connectivity index is 2.04. The van der Waals surface area contributed by atoms with Crippen LogP contribution in [0.3, 0.4) is 0 Å². The minimum absolute atomic E-state index is 0.169. The Morgan fingerprint density at radius 2 is 2.11 bits per heavy atom. The van der Waals surface area contributed by atoms with Gasteiger partial charge in [0.15, 0.2) is 5.52 Å². The van der Waals surface area contributed by atoms with Crippen molar-refractivity contribution in [1.29, 1.82) is 0 Å². The molecule has 2 heterocycles. The van der Waals surface area contributed by atoms with Crippen LogP contribution in [-0.4, -0.2) is 31.3 Å². The Morgan fingerprint density at radius 1 is 1.28 bits per heavy atom. The van der Waals surface area contributed by atoms with Crippen LogP contribution >= 0.6 is 0 Å². The zero-order chi connectivity index (χ0) is 12.4. The summed E-state index contributed by atoms with van der Waals surface area (Å²) in [6, 6.07) is 9.54. The van der Waals surface area contributed by atoms with Gasteiger partial charge in [-0.25, -0.2) is 4.98 Å². The molecule has 0 atom stereocenters. The predicted molar refractivity (Wildman–Crippen MR) is 65.4 cm³/mol. The molecule has 0 aliphatic carbocycles. The van der Waals surface area contributed by atoms with Gasteiger partial charge in [-0.2, -0.15) is 5.10 Å². The van der Waals surface area contributed by atoms with Gasteiger partial charge in [0.2, 0.25) is 5.65 Å². The first kappa shape index (κ1) is 10.3. The quantitative estimate of drug-likeness (QED) is 0.656. The van der Waals surface area contributed by atoms with Gasteiger partial charge in [-0.3, -0.25) is 4.79 Å². The summed E-state index contributed by atoms with van der Waals surface area (Å²) in [6.07, 6.45) is 2.92. The molecule has 0 saturated carbocycles. The van der Waals surface area contributed by atoms with Crippen molar-refractivity contribution in [3.8, 4) is 0 Å². The molecule has 3 rings (SSSR count). The van der Waals surface area contributed by atoms with E-state index < -0.39 is 0 Å². The van der Waals surface area contributed by atoms with Crippen LogP contribution < -0.4 is 5.56 Å². The molecule has 18 heavy (non-hydrogen) atoms. The zero-order valence-corrected chi connectivity index (χ0v) is 9.19. The van der Waals surface area contributed by atoms with Crippen molar-refractivity contribution in [3.63, 3.8) is 0 Å². The maximum atomic E-state index is 11.4. The standard InChI is InChI=1S/C11H8N6O/c18-11-9-10(12-7-13-11)17(16-15-9)14-6-8-4-2-1-3-5-8/h1-7H,(H,12,13,18)/b14-6+. The van der Waals surface area contributed by atoms with Crippen LogP contribution in [0.5, 0.6) is 0 Å². The van der Waals surface area contributed by atoms with Crippen LogP contribution in [0.25, 0.3) is 11.2 Å². The van der Waals surface area contributed by atoms with E-state index in [1.807, 2.05) is 30.3 Å². The molecular formula is C11H8N6O. The molecule has 7 nitrogen and oxygen atoms in total. The topological polar surface area (TPSA) is 88.8 Å². The monoisotopic (exact) mass is 240 g/mol. The molecule has 88 valence electrons. The summed E-state index contributed by atoms with van der Waals surface area (Å²) in [6.45, 7) is 0. The lowest BCUT2D eigenvalue weighted by molar-refractivity contribution is 0.711. The average Bonchev–Trinajstić information content (AvgIpc) is 2.82. The van der Waals surface area contributed by atoms with Crippen LogP contribution in [0.4, 0.5) is 0 Å². The lowest BCUT2D eigenvalue weighted by atomic mass is 10.2. The molecule has 1 N–H and O–H groups in total. The summed E-state index contributed by atoms with van der Waals surface area (Å²) in [5.74, 6) is 0. The number of nitrogens with zero attached hydrogens (tertiary/aromatic N) is 5. The van der Waals surface area contributed by atoms with Gasteiger partial charge in [0, 0.05) is 0 Å². The third kappa shape index (κ3) is 1.77. The van der Waals surface area contributed by atoms with Crippen molar-refractivity contribution in [2.24, 2.45) is 5.10 Å². The summed E-state index contributed by atoms with van der Waals surface area (Å²) in [5.41, 5.74) is 1.08. The number of hydrogen-bond donors (Lipinski definition) is 1. The Labute approximate surface area is 101 Å². The highest BCUT2D eigenvalue weighted by Crippen LogP contribution is 2.01. The van der Waals surface area contributed by atoms with Crippen molar-refractivity contribution in [2.45, 2.75) is 0 Å². The van der Waals surface area contributed by atoms with E-state index in [0.717, 1.165) is 5.56 Å². The van der Waals surface area contributed by atoms with Crippen LogP contribution in [0, 0.1) is 0 Å². The van der Waals surface area contributed by atoms with Gasteiger partial charge >= 0.3 is 0 Å². The molecule has 7 heteroatoms. The first-order chi connectivity index (χ1) is 8.84. The average molecular weight is 240 g/mol. The first-order valence-electron chi connectivity index (χ1n) is 5.23. The van der Waals surface area contributed by atoms with Crippen molar-refractivity contribution in [1.82, 2.24) is 25.1 Å². The molecule has 0 saturated heterocycles. The zero-order valence-electron chi connectivity index (χ0n) is 9.19. The number of rotatable bonds is 2. The van der Waals surface area contributed by atoms with E-state index in [-0.39, 0.29) is 11.1 Å². The number of fused-ring (bicyclic) bond motifs is 1. The highest BCUT2D eigenvalue weighted by Gasteiger charge is 2.07. The van der Waals surface area contributed by atoms with Crippen LogP contribution in [-0.2, 0) is 0 Å². The Hall–Kier alpha value is -2.83. The van der Waals surface area contributed by atoms with Crippen molar-refractivity contribution < 1.29 is 0 Å². The van der Waals surface area contributed by atoms with Crippen molar-refractivity contribution in [3.05, 3.63) is 52.6 Å². The molecule has 0 unspecified atom stereocenters. The minimum atomic E-state index is -0.332. The largest absolute Gasteiger partial charge is 0.311 e. The highest BCUT2D eigenvalue weighted by molar-refractivity contribution is 5.79. The lowest BCUT2D eigenvalue weighted by Gasteiger charge is -1.92. The number of nitrogens with one attached hydrogen (secondary N) is 1. The molecule has 0 aliphatic heterocycles. The third-order valence-electron chi connectivity index (χ3n) is 2.34. The van der Waals surface area contributed by atoms with Crippen molar-refractivity contribution >= 4 is 17.4 Å². The normalized spacial score (nSPS) is 11.3. The van der Waals surface area contributed by atoms with Crippen molar-refractivity contribution in [2.75, 3.05) is 0 Å². The van der Waals surface area contributed by atoms with Gasteiger partial charge in [-0.1, -0.05) is 30.3 Å². The lowest BCUT2D eigenvalue weighted by Crippen LogP contribution is -2.06. The van der Waals surface area contributed by atoms with E-state index in [4.69, 9.17) is 0 Å². The molecule has 3 aromatic rings. The highest BCUT2D eigenvalue weighted by atomic mass is 16.1. The SMILES string of the molecule is O=c1[nH]cnc2c1nnn2/N=C/c1ccccc1.